The van der Waals surface area contributed by atoms with Crippen molar-refractivity contribution < 1.29 is 23.8 Å². The summed E-state index contributed by atoms with van der Waals surface area (Å²) in [5, 5.41) is 10.2. The summed E-state index contributed by atoms with van der Waals surface area (Å²) in [5.41, 5.74) is -0.219. The van der Waals surface area contributed by atoms with Gasteiger partial charge in [0.15, 0.2) is 0 Å². The zero-order valence-corrected chi connectivity index (χ0v) is 11.7. The average Bonchev–Trinajstić information content (AvgIpc) is 2.02. The number of rotatable bonds is 3. The van der Waals surface area contributed by atoms with Crippen molar-refractivity contribution in [3.05, 3.63) is 34.4 Å². The van der Waals surface area contributed by atoms with Crippen molar-refractivity contribution >= 4 is 59.0 Å². The number of hydrogen-bond acceptors (Lipinski definition) is 6. The second-order valence-electron chi connectivity index (χ2n) is 2.29. The molecule has 0 bridgehead atoms. The fraction of sp³-hybridized carbons (Fsp3) is 0. The molecule has 76 valence electrons. The van der Waals surface area contributed by atoms with Gasteiger partial charge < -0.3 is 18.9 Å². The normalized spacial score (nSPS) is 10.3. The molecule has 1 rings (SSSR count). The Hall–Kier alpha value is 0.0505. The number of nitrogens with zero attached hydrogens (tertiary/aromatic N) is 1. The Labute approximate surface area is 122 Å². The zero-order valence-electron chi connectivity index (χ0n) is 7.36. The summed E-state index contributed by atoms with van der Waals surface area (Å²) in [7, 11) is -5.10. The van der Waals surface area contributed by atoms with Crippen LogP contribution in [0.3, 0.4) is 0 Å². The largest absolute Gasteiger partial charge is 2.00 e. The van der Waals surface area contributed by atoms with Crippen molar-refractivity contribution in [2.24, 2.45) is 0 Å². The molecule has 0 radical (unpaired) electrons. The second-order valence-corrected chi connectivity index (χ2v) is 3.37. The number of phosphoric acid groups is 1. The maximum absolute atomic E-state index is 10.2. The van der Waals surface area contributed by atoms with Gasteiger partial charge in [0.1, 0.15) is 13.6 Å². The number of nitro benzene ring substituents is 1. The van der Waals surface area contributed by atoms with Gasteiger partial charge in [-0.15, -0.1) is 0 Å². The Morgan fingerprint density at radius 3 is 2.00 bits per heavy atom. The summed E-state index contributed by atoms with van der Waals surface area (Å²) in [5.74, 6) is -0.246. The third-order valence-electron chi connectivity index (χ3n) is 1.26. The third-order valence-corrected chi connectivity index (χ3v) is 1.70. The van der Waals surface area contributed by atoms with E-state index in [-0.39, 0.29) is 56.9 Å². The van der Waals surface area contributed by atoms with E-state index in [9.17, 15) is 24.5 Å². The first-order valence-electron chi connectivity index (χ1n) is 3.34. The van der Waals surface area contributed by atoms with Crippen LogP contribution in [0, 0.1) is 10.1 Å². The van der Waals surface area contributed by atoms with E-state index in [4.69, 9.17) is 0 Å². The first-order valence-corrected chi connectivity index (χ1v) is 4.81. The minimum absolute atomic E-state index is 0. The molecular formula is C6H4NO6PSr. The van der Waals surface area contributed by atoms with Crippen LogP contribution in [0.2, 0.25) is 0 Å². The maximum atomic E-state index is 10.2. The van der Waals surface area contributed by atoms with E-state index in [1.807, 2.05) is 0 Å². The van der Waals surface area contributed by atoms with E-state index >= 15 is 0 Å². The van der Waals surface area contributed by atoms with Crippen LogP contribution in [0.5, 0.6) is 5.75 Å². The summed E-state index contributed by atoms with van der Waals surface area (Å²) < 4.78 is 14.1. The van der Waals surface area contributed by atoms with Gasteiger partial charge in [0, 0.05) is 12.1 Å². The molecule has 0 saturated carbocycles. The van der Waals surface area contributed by atoms with E-state index in [0.29, 0.717) is 0 Å². The molecule has 0 unspecified atom stereocenters. The zero-order chi connectivity index (χ0) is 10.8. The van der Waals surface area contributed by atoms with E-state index in [0.717, 1.165) is 24.3 Å². The van der Waals surface area contributed by atoms with Gasteiger partial charge in [-0.3, -0.25) is 10.1 Å². The van der Waals surface area contributed by atoms with Crippen molar-refractivity contribution in [3.63, 3.8) is 0 Å². The Morgan fingerprint density at radius 1 is 1.20 bits per heavy atom. The molecular weight excluding hydrogens is 301 g/mol. The summed E-state index contributed by atoms with van der Waals surface area (Å²) in [6, 6.07) is 4.12. The molecule has 0 aromatic heterocycles. The quantitative estimate of drug-likeness (QED) is 0.319. The van der Waals surface area contributed by atoms with Gasteiger partial charge >= 0.3 is 45.5 Å². The Kier molecular flexibility index (Phi) is 5.97. The topological polar surface area (TPSA) is 116 Å². The first-order chi connectivity index (χ1) is 6.38. The summed E-state index contributed by atoms with van der Waals surface area (Å²) in [4.78, 5) is 29.8. The van der Waals surface area contributed by atoms with E-state index in [1.165, 1.54) is 0 Å². The molecule has 0 heterocycles. The van der Waals surface area contributed by atoms with Crippen molar-refractivity contribution in [2.75, 3.05) is 0 Å². The number of phosphoric ester groups is 1. The average molecular weight is 305 g/mol. The Bertz CT molecular complexity index is 387. The summed E-state index contributed by atoms with van der Waals surface area (Å²) in [6.07, 6.45) is 0. The van der Waals surface area contributed by atoms with Crippen LogP contribution < -0.4 is 14.3 Å². The summed E-state index contributed by atoms with van der Waals surface area (Å²) >= 11 is 0. The third kappa shape index (κ3) is 5.62. The standard InChI is InChI=1S/C6H6NO6P.Sr/c8-7(9)5-1-3-6(4-2-5)13-14(10,11)12;/h1-4H,(H2,10,11,12);/q;+2/p-2. The van der Waals surface area contributed by atoms with Crippen LogP contribution >= 0.6 is 7.82 Å². The van der Waals surface area contributed by atoms with Gasteiger partial charge in [0.2, 0.25) is 0 Å². The van der Waals surface area contributed by atoms with Crippen molar-refractivity contribution in [1.29, 1.82) is 0 Å². The van der Waals surface area contributed by atoms with Crippen molar-refractivity contribution in [3.8, 4) is 5.75 Å². The summed E-state index contributed by atoms with van der Waals surface area (Å²) in [6.45, 7) is 0. The second kappa shape index (κ2) is 5.95. The van der Waals surface area contributed by atoms with Crippen LogP contribution in [-0.4, -0.2) is 50.4 Å². The minimum atomic E-state index is -5.10. The fourth-order valence-electron chi connectivity index (χ4n) is 0.758. The van der Waals surface area contributed by atoms with Gasteiger partial charge in [-0.2, -0.15) is 0 Å². The molecule has 0 aliphatic heterocycles. The molecule has 9 heteroatoms. The minimum Gasteiger partial charge on any atom is -0.780 e. The number of non-ortho nitro benzene ring substituents is 1. The molecule has 0 amide bonds. The molecule has 0 fully saturated rings. The molecule has 7 nitrogen and oxygen atoms in total. The van der Waals surface area contributed by atoms with Crippen LogP contribution in [0.25, 0.3) is 0 Å². The molecule has 1 aromatic rings. The Balaban J connectivity index is 0.00000196. The molecule has 0 aliphatic carbocycles. The molecule has 15 heavy (non-hydrogen) atoms. The predicted octanol–water partition coefficient (Wildman–Crippen LogP) is -0.579. The van der Waals surface area contributed by atoms with Gasteiger partial charge in [0.25, 0.3) is 5.69 Å². The van der Waals surface area contributed by atoms with E-state index in [2.05, 4.69) is 4.52 Å². The molecule has 0 aliphatic rings. The first kappa shape index (κ1) is 15.1. The molecule has 1 aromatic carbocycles. The van der Waals surface area contributed by atoms with Crippen molar-refractivity contribution in [2.45, 2.75) is 0 Å². The monoisotopic (exact) mass is 305 g/mol. The van der Waals surface area contributed by atoms with Crippen LogP contribution in [0.4, 0.5) is 5.69 Å². The molecule has 0 N–H and O–H groups in total. The predicted molar refractivity (Wildman–Crippen MR) is 47.1 cm³/mol. The van der Waals surface area contributed by atoms with Crippen LogP contribution in [-0.2, 0) is 4.57 Å². The maximum Gasteiger partial charge on any atom is 2.00 e. The van der Waals surface area contributed by atoms with Crippen molar-refractivity contribution in [1.82, 2.24) is 0 Å². The Morgan fingerprint density at radius 2 is 1.67 bits per heavy atom. The van der Waals surface area contributed by atoms with Crippen LogP contribution in [0.15, 0.2) is 24.3 Å². The smallest absolute Gasteiger partial charge is 0.780 e. The van der Waals surface area contributed by atoms with Crippen LogP contribution in [0.1, 0.15) is 0 Å². The fourth-order valence-corrected chi connectivity index (χ4v) is 1.14. The van der Waals surface area contributed by atoms with Gasteiger partial charge in [0.05, 0.1) is 4.92 Å². The van der Waals surface area contributed by atoms with E-state index in [1.54, 1.807) is 0 Å². The van der Waals surface area contributed by atoms with Gasteiger partial charge in [-0.05, 0) is 12.1 Å². The molecule has 0 atom stereocenters. The van der Waals surface area contributed by atoms with E-state index < -0.39 is 12.7 Å². The van der Waals surface area contributed by atoms with Gasteiger partial charge in [-0.25, -0.2) is 0 Å². The van der Waals surface area contributed by atoms with Gasteiger partial charge in [-0.1, -0.05) is 0 Å². The molecule has 0 saturated heterocycles. The number of nitro groups is 1. The number of hydrogen-bond donors (Lipinski definition) is 0. The number of benzene rings is 1. The SMILES string of the molecule is O=[N+]([O-])c1ccc(OP(=O)([O-])[O-])cc1.[Sr+2]. The molecule has 0 spiro atoms.